The minimum atomic E-state index is -4.39. The number of hydrogen-bond donors (Lipinski definition) is 5. The van der Waals surface area contributed by atoms with Gasteiger partial charge in [0.15, 0.2) is 0 Å². The van der Waals surface area contributed by atoms with Crippen molar-refractivity contribution in [2.45, 2.75) is 212 Å². The van der Waals surface area contributed by atoms with Crippen LogP contribution in [0.25, 0.3) is 0 Å². The van der Waals surface area contributed by atoms with Gasteiger partial charge in [0.1, 0.15) is 0 Å². The average Bonchev–Trinajstić information content (AvgIpc) is 3.07. The highest BCUT2D eigenvalue weighted by Crippen LogP contribution is 2.43. The molecule has 0 saturated carbocycles. The molecule has 0 aromatic rings. The van der Waals surface area contributed by atoms with Crippen molar-refractivity contribution >= 4 is 13.7 Å². The molecule has 6 N–H and O–H groups in total. The fourth-order valence-electron chi connectivity index (χ4n) is 6.06. The van der Waals surface area contributed by atoms with Gasteiger partial charge in [0.05, 0.1) is 37.9 Å². The molecule has 0 saturated heterocycles. The normalized spacial score (nSPS) is 15.0. The van der Waals surface area contributed by atoms with E-state index in [2.05, 4.69) is 19.2 Å². The van der Waals surface area contributed by atoms with Gasteiger partial charge in [-0.1, -0.05) is 180 Å². The summed E-state index contributed by atoms with van der Waals surface area (Å²) in [7, 11) is -4.39. The molecule has 1 amide bonds. The summed E-state index contributed by atoms with van der Waals surface area (Å²) in [6, 6.07) is -0.976. The molecule has 0 rings (SSSR count). The minimum absolute atomic E-state index is 0.0512. The highest BCUT2D eigenvalue weighted by Gasteiger charge is 2.27. The number of carbonyl (C=O) groups is 1. The van der Waals surface area contributed by atoms with Crippen molar-refractivity contribution < 1.29 is 33.5 Å². The van der Waals surface area contributed by atoms with Crippen molar-refractivity contribution in [1.29, 1.82) is 0 Å². The van der Waals surface area contributed by atoms with Gasteiger partial charge in [-0.3, -0.25) is 13.8 Å². The monoisotopic (exact) mass is 719 g/mol. The lowest BCUT2D eigenvalue weighted by atomic mass is 10.0. The fraction of sp³-hybridized carbons (Fsp3) is 0.923. The molecular weight excluding hydrogens is 639 g/mol. The van der Waals surface area contributed by atoms with E-state index in [-0.39, 0.29) is 19.6 Å². The molecule has 4 unspecified atom stereocenters. The van der Waals surface area contributed by atoms with Crippen molar-refractivity contribution in [3.05, 3.63) is 12.2 Å². The van der Waals surface area contributed by atoms with Crippen molar-refractivity contribution in [2.75, 3.05) is 19.8 Å². The number of nitrogens with one attached hydrogen (secondary N) is 1. The smallest absolute Gasteiger partial charge is 0.393 e. The molecule has 0 aliphatic heterocycles. The standard InChI is InChI=1S/C39H79N2O7P/c1-3-5-7-9-11-13-15-17-18-19-20-22-24-26-28-30-36(42)34-39(44)41-37(35-48-49(45,46)47-33-32-40)38(43)31-29-27-25-23-21-16-14-12-10-8-6-4-2/h29,31,36-38,42-43H,3-28,30,32-35,40H2,1-2H3,(H,41,44)(H,45,46)/b31-29+. The maximum absolute atomic E-state index is 12.8. The second-order valence-electron chi connectivity index (χ2n) is 14.0. The molecule has 0 fully saturated rings. The SMILES string of the molecule is CCCCCCCCCCCC/C=C/C(O)C(COP(=O)(O)OCCN)NC(=O)CC(O)CCCCCCCCCCCCCCCCC. The van der Waals surface area contributed by atoms with E-state index in [0.29, 0.717) is 6.42 Å². The predicted molar refractivity (Wildman–Crippen MR) is 204 cm³/mol. The van der Waals surface area contributed by atoms with Crippen molar-refractivity contribution in [3.63, 3.8) is 0 Å². The van der Waals surface area contributed by atoms with Crippen LogP contribution in [0.5, 0.6) is 0 Å². The highest BCUT2D eigenvalue weighted by atomic mass is 31.2. The molecule has 10 heteroatoms. The van der Waals surface area contributed by atoms with Crippen LogP contribution in [0.15, 0.2) is 12.2 Å². The number of phosphoric acid groups is 1. The van der Waals surface area contributed by atoms with E-state index in [0.717, 1.165) is 38.5 Å². The zero-order valence-electron chi connectivity index (χ0n) is 31.8. The van der Waals surface area contributed by atoms with Crippen LogP contribution in [0.3, 0.4) is 0 Å². The first-order valence-corrected chi connectivity index (χ1v) is 21.9. The molecular formula is C39H79N2O7P. The third-order valence-electron chi connectivity index (χ3n) is 9.17. The zero-order chi connectivity index (χ0) is 36.3. The summed E-state index contributed by atoms with van der Waals surface area (Å²) in [6.45, 7) is 3.96. The number of rotatable bonds is 38. The number of allylic oxidation sites excluding steroid dienone is 1. The van der Waals surface area contributed by atoms with Crippen molar-refractivity contribution in [2.24, 2.45) is 5.73 Å². The van der Waals surface area contributed by atoms with Crippen LogP contribution in [-0.4, -0.2) is 59.0 Å². The van der Waals surface area contributed by atoms with Gasteiger partial charge in [-0.05, 0) is 19.3 Å². The van der Waals surface area contributed by atoms with Crippen LogP contribution in [0.2, 0.25) is 0 Å². The molecule has 0 aliphatic rings. The number of carbonyl (C=O) groups excluding carboxylic acids is 1. The number of phosphoric ester groups is 1. The number of aliphatic hydroxyl groups excluding tert-OH is 2. The molecule has 292 valence electrons. The van der Waals surface area contributed by atoms with Crippen LogP contribution in [0.4, 0.5) is 0 Å². The second-order valence-corrected chi connectivity index (χ2v) is 15.5. The Hall–Kier alpha value is -0.800. The van der Waals surface area contributed by atoms with E-state index in [9.17, 15) is 24.5 Å². The van der Waals surface area contributed by atoms with Crippen molar-refractivity contribution in [3.8, 4) is 0 Å². The van der Waals surface area contributed by atoms with E-state index in [1.165, 1.54) is 128 Å². The van der Waals surface area contributed by atoms with Crippen LogP contribution in [-0.2, 0) is 18.4 Å². The van der Waals surface area contributed by atoms with E-state index in [1.807, 2.05) is 6.08 Å². The topological polar surface area (TPSA) is 151 Å². The summed E-state index contributed by atoms with van der Waals surface area (Å²) in [5, 5.41) is 24.0. The van der Waals surface area contributed by atoms with Gasteiger partial charge in [0.2, 0.25) is 5.91 Å². The fourth-order valence-corrected chi connectivity index (χ4v) is 6.82. The van der Waals surface area contributed by atoms with Gasteiger partial charge in [-0.15, -0.1) is 0 Å². The third kappa shape index (κ3) is 34.1. The Labute approximate surface area is 301 Å². The summed E-state index contributed by atoms with van der Waals surface area (Å²) in [5.74, 6) is -0.445. The Balaban J connectivity index is 4.34. The predicted octanol–water partition coefficient (Wildman–Crippen LogP) is 9.80. The number of aliphatic hydroxyl groups is 2. The lowest BCUT2D eigenvalue weighted by molar-refractivity contribution is -0.124. The van der Waals surface area contributed by atoms with E-state index in [1.54, 1.807) is 6.08 Å². The average molecular weight is 719 g/mol. The molecule has 0 spiro atoms. The summed E-state index contributed by atoms with van der Waals surface area (Å²) in [5.41, 5.74) is 5.35. The largest absolute Gasteiger partial charge is 0.472 e. The maximum Gasteiger partial charge on any atom is 0.472 e. The van der Waals surface area contributed by atoms with Gasteiger partial charge in [-0.25, -0.2) is 4.57 Å². The summed E-state index contributed by atoms with van der Waals surface area (Å²) >= 11 is 0. The molecule has 49 heavy (non-hydrogen) atoms. The van der Waals surface area contributed by atoms with Gasteiger partial charge in [0, 0.05) is 6.54 Å². The molecule has 0 bridgehead atoms. The first-order chi connectivity index (χ1) is 23.8. The Morgan fingerprint density at radius 2 is 1.12 bits per heavy atom. The summed E-state index contributed by atoms with van der Waals surface area (Å²) in [4.78, 5) is 22.7. The highest BCUT2D eigenvalue weighted by molar-refractivity contribution is 7.47. The third-order valence-corrected chi connectivity index (χ3v) is 10.2. The van der Waals surface area contributed by atoms with E-state index < -0.39 is 38.6 Å². The molecule has 9 nitrogen and oxygen atoms in total. The lowest BCUT2D eigenvalue weighted by Gasteiger charge is -2.24. The van der Waals surface area contributed by atoms with Gasteiger partial charge >= 0.3 is 7.82 Å². The quantitative estimate of drug-likeness (QED) is 0.0240. The van der Waals surface area contributed by atoms with E-state index in [4.69, 9.17) is 14.8 Å². The van der Waals surface area contributed by atoms with E-state index >= 15 is 0 Å². The maximum atomic E-state index is 12.8. The van der Waals surface area contributed by atoms with Gasteiger partial charge < -0.3 is 26.2 Å². The Morgan fingerprint density at radius 1 is 0.694 bits per heavy atom. The lowest BCUT2D eigenvalue weighted by Crippen LogP contribution is -2.46. The number of hydrogen-bond acceptors (Lipinski definition) is 7. The van der Waals surface area contributed by atoms with Crippen molar-refractivity contribution in [1.82, 2.24) is 5.32 Å². The summed E-state index contributed by atoms with van der Waals surface area (Å²) in [6.07, 6.45) is 34.3. The minimum Gasteiger partial charge on any atom is -0.393 e. The molecule has 0 radical (unpaired) electrons. The first kappa shape index (κ1) is 48.2. The van der Waals surface area contributed by atoms with Crippen LogP contribution >= 0.6 is 7.82 Å². The number of unbranched alkanes of at least 4 members (excludes halogenated alkanes) is 24. The van der Waals surface area contributed by atoms with Crippen LogP contribution < -0.4 is 11.1 Å². The Bertz CT molecular complexity index is 801. The van der Waals surface area contributed by atoms with Crippen LogP contribution in [0.1, 0.15) is 194 Å². The molecule has 0 heterocycles. The zero-order valence-corrected chi connectivity index (χ0v) is 32.7. The molecule has 0 aliphatic carbocycles. The summed E-state index contributed by atoms with van der Waals surface area (Å²) < 4.78 is 22.0. The second kappa shape index (κ2) is 35.6. The van der Waals surface area contributed by atoms with Gasteiger partial charge in [0.25, 0.3) is 0 Å². The Kier molecular flexibility index (Phi) is 35.0. The van der Waals surface area contributed by atoms with Crippen LogP contribution in [0, 0.1) is 0 Å². The Morgan fingerprint density at radius 3 is 1.57 bits per heavy atom. The molecule has 0 aromatic heterocycles. The number of amides is 1. The number of nitrogens with two attached hydrogens (primary N) is 1. The first-order valence-electron chi connectivity index (χ1n) is 20.4. The molecule has 4 atom stereocenters. The molecule has 0 aromatic carbocycles. The van der Waals surface area contributed by atoms with Gasteiger partial charge in [-0.2, -0.15) is 0 Å².